The summed E-state index contributed by atoms with van der Waals surface area (Å²) in [6.07, 6.45) is 12.8. The molecule has 2 saturated heterocycles. The van der Waals surface area contributed by atoms with E-state index in [-0.39, 0.29) is 11.7 Å². The van der Waals surface area contributed by atoms with Crippen LogP contribution in [0.1, 0.15) is 85.0 Å². The molecule has 2 aliphatic heterocycles. The van der Waals surface area contributed by atoms with Crippen LogP contribution in [-0.4, -0.2) is 66.6 Å². The first kappa shape index (κ1) is 33.5. The van der Waals surface area contributed by atoms with Crippen molar-refractivity contribution in [3.8, 4) is 0 Å². The summed E-state index contributed by atoms with van der Waals surface area (Å²) in [5.41, 5.74) is 0.569. The zero-order valence-corrected chi connectivity index (χ0v) is 25.4. The molecule has 0 aromatic heterocycles. The van der Waals surface area contributed by atoms with E-state index < -0.39 is 23.6 Å². The van der Waals surface area contributed by atoms with Gasteiger partial charge in [-0.3, -0.25) is 4.79 Å². The maximum Gasteiger partial charge on any atom is 0.209 e. The average molecular weight is 592 g/mol. The second-order valence-corrected chi connectivity index (χ2v) is 11.3. The van der Waals surface area contributed by atoms with Crippen molar-refractivity contribution in [3.63, 3.8) is 0 Å². The van der Waals surface area contributed by atoms with Crippen LogP contribution in [0, 0.1) is 17.5 Å². The molecule has 0 radical (unpaired) electrons. The highest BCUT2D eigenvalue weighted by Crippen LogP contribution is 2.27. The number of amidine groups is 1. The molecule has 1 aliphatic carbocycles. The lowest BCUT2D eigenvalue weighted by Crippen LogP contribution is -2.54. The molecule has 234 valence electrons. The highest BCUT2D eigenvalue weighted by Gasteiger charge is 2.32. The third kappa shape index (κ3) is 9.78. The largest absolute Gasteiger partial charge is 0.379 e. The van der Waals surface area contributed by atoms with Gasteiger partial charge in [-0.15, -0.1) is 0 Å². The van der Waals surface area contributed by atoms with Gasteiger partial charge in [0.15, 0.2) is 11.6 Å². The molecule has 1 aromatic carbocycles. The number of halogens is 3. The highest BCUT2D eigenvalue weighted by atomic mass is 19.1. The smallest absolute Gasteiger partial charge is 0.209 e. The molecule has 0 bridgehead atoms. The number of ether oxygens (including phenoxy) is 1. The average Bonchev–Trinajstić information content (AvgIpc) is 3.53. The molecule has 2 N–H and O–H groups in total. The van der Waals surface area contributed by atoms with Crippen molar-refractivity contribution in [3.05, 3.63) is 53.6 Å². The van der Waals surface area contributed by atoms with E-state index in [1.807, 2.05) is 26.8 Å². The molecule has 1 aromatic rings. The van der Waals surface area contributed by atoms with E-state index >= 15 is 0 Å². The zero-order valence-electron chi connectivity index (χ0n) is 25.4. The number of carbonyl (C=O) groups excluding carboxylic acids is 1. The van der Waals surface area contributed by atoms with Crippen LogP contribution in [0.3, 0.4) is 0 Å². The summed E-state index contributed by atoms with van der Waals surface area (Å²) in [7, 11) is 0. The van der Waals surface area contributed by atoms with Gasteiger partial charge < -0.3 is 25.2 Å². The lowest BCUT2D eigenvalue weighted by atomic mass is 9.96. The summed E-state index contributed by atoms with van der Waals surface area (Å²) in [6, 6.07) is 1.67. The monoisotopic (exact) mass is 591 g/mol. The number of nitrogens with one attached hydrogen (secondary N) is 2. The number of hydrogen-bond donors (Lipinski definition) is 2. The molecule has 10 heteroatoms. The van der Waals surface area contributed by atoms with Crippen molar-refractivity contribution in [1.82, 2.24) is 15.1 Å². The molecule has 1 amide bonds. The number of rotatable bonds is 10. The summed E-state index contributed by atoms with van der Waals surface area (Å²) < 4.78 is 48.4. The number of amides is 1. The molecular formula is C32H48F3N5O2. The van der Waals surface area contributed by atoms with Gasteiger partial charge in [-0.25, -0.2) is 18.2 Å². The molecule has 42 heavy (non-hydrogen) atoms. The van der Waals surface area contributed by atoms with Gasteiger partial charge in [0.25, 0.3) is 0 Å². The van der Waals surface area contributed by atoms with Crippen molar-refractivity contribution < 1.29 is 22.7 Å². The van der Waals surface area contributed by atoms with Crippen LogP contribution < -0.4 is 10.6 Å². The molecule has 2 unspecified atom stereocenters. The number of carbonyl (C=O) groups is 1. The molecule has 1 saturated carbocycles. The predicted molar refractivity (Wildman–Crippen MR) is 163 cm³/mol. The molecular weight excluding hydrogens is 543 g/mol. The van der Waals surface area contributed by atoms with Crippen molar-refractivity contribution in [2.45, 2.75) is 103 Å². The Bertz CT molecular complexity index is 1050. The Kier molecular flexibility index (Phi) is 13.7. The minimum atomic E-state index is -0.967. The number of benzene rings is 1. The lowest BCUT2D eigenvalue weighted by Gasteiger charge is -2.42. The molecule has 2 atom stereocenters. The van der Waals surface area contributed by atoms with Gasteiger partial charge in [0.1, 0.15) is 29.3 Å². The molecule has 2 heterocycles. The Labute approximate surface area is 249 Å². The zero-order chi connectivity index (χ0) is 30.5. The van der Waals surface area contributed by atoms with Crippen molar-refractivity contribution in [1.29, 1.82) is 0 Å². The number of likely N-dealkylation sites (tertiary alicyclic amines) is 1. The van der Waals surface area contributed by atoms with Crippen LogP contribution in [0.5, 0.6) is 0 Å². The fraction of sp³-hybridized carbons (Fsp3) is 0.625. The third-order valence-corrected chi connectivity index (χ3v) is 8.11. The first-order valence-electron chi connectivity index (χ1n) is 15.4. The van der Waals surface area contributed by atoms with Crippen LogP contribution in [0.4, 0.5) is 18.9 Å². The van der Waals surface area contributed by atoms with E-state index in [4.69, 9.17) is 9.73 Å². The van der Waals surface area contributed by atoms with Gasteiger partial charge in [-0.2, -0.15) is 0 Å². The summed E-state index contributed by atoms with van der Waals surface area (Å²) in [4.78, 5) is 18.7. The van der Waals surface area contributed by atoms with Gasteiger partial charge >= 0.3 is 0 Å². The van der Waals surface area contributed by atoms with Crippen LogP contribution in [-0.2, 0) is 9.53 Å². The summed E-state index contributed by atoms with van der Waals surface area (Å²) in [5.74, 6) is -1.63. The first-order valence-corrected chi connectivity index (χ1v) is 15.4. The van der Waals surface area contributed by atoms with Crippen molar-refractivity contribution in [2.24, 2.45) is 4.99 Å². The lowest BCUT2D eigenvalue weighted by molar-refractivity contribution is -0.117. The van der Waals surface area contributed by atoms with Crippen molar-refractivity contribution in [2.75, 3.05) is 31.6 Å². The molecule has 3 aliphatic rings. The Morgan fingerprint density at radius 2 is 1.79 bits per heavy atom. The second-order valence-electron chi connectivity index (χ2n) is 11.3. The van der Waals surface area contributed by atoms with Gasteiger partial charge in [-0.05, 0) is 64.4 Å². The predicted octanol–water partition coefficient (Wildman–Crippen LogP) is 6.73. The van der Waals surface area contributed by atoms with E-state index in [0.717, 1.165) is 50.8 Å². The SMILES string of the molecule is C=C(/N=C(\C(C)=C/C)N(C1CCCOC1)C(CC)Nc1c(F)cc(F)cc1F)NC1CCCCC1.O=CN1CCCC1. The van der Waals surface area contributed by atoms with E-state index in [9.17, 15) is 18.0 Å². The highest BCUT2D eigenvalue weighted by molar-refractivity contribution is 5.99. The molecule has 3 fully saturated rings. The normalized spacial score (nSPS) is 20.8. The summed E-state index contributed by atoms with van der Waals surface area (Å²) in [6.45, 7) is 13.1. The third-order valence-electron chi connectivity index (χ3n) is 8.11. The van der Waals surface area contributed by atoms with Gasteiger partial charge in [-0.1, -0.05) is 38.8 Å². The van der Waals surface area contributed by atoms with E-state index in [2.05, 4.69) is 22.1 Å². The number of aliphatic imine (C=N–C) groups is 1. The van der Waals surface area contributed by atoms with Crippen LogP contribution in [0.25, 0.3) is 0 Å². The van der Waals surface area contributed by atoms with Gasteiger partial charge in [0.05, 0.1) is 12.6 Å². The number of allylic oxidation sites excluding steroid dienone is 1. The Hall–Kier alpha value is -3.01. The van der Waals surface area contributed by atoms with E-state index in [1.54, 1.807) is 4.90 Å². The van der Waals surface area contributed by atoms with Crippen LogP contribution in [0.2, 0.25) is 0 Å². The Morgan fingerprint density at radius 3 is 2.31 bits per heavy atom. The number of nitrogens with zero attached hydrogens (tertiary/aromatic N) is 3. The fourth-order valence-corrected chi connectivity index (χ4v) is 5.70. The Morgan fingerprint density at radius 1 is 1.12 bits per heavy atom. The number of hydrogen-bond acceptors (Lipinski definition) is 5. The van der Waals surface area contributed by atoms with Crippen molar-refractivity contribution >= 4 is 17.9 Å². The first-order chi connectivity index (χ1) is 20.3. The molecule has 4 rings (SSSR count). The Balaban J connectivity index is 0.000000603. The minimum absolute atomic E-state index is 0.0519. The molecule has 7 nitrogen and oxygen atoms in total. The second kappa shape index (κ2) is 17.2. The number of anilines is 1. The van der Waals surface area contributed by atoms with Gasteiger partial charge in [0.2, 0.25) is 6.41 Å². The van der Waals surface area contributed by atoms with Crippen LogP contribution in [0.15, 0.2) is 41.2 Å². The quantitative estimate of drug-likeness (QED) is 0.137. The van der Waals surface area contributed by atoms with Crippen LogP contribution >= 0.6 is 0 Å². The minimum Gasteiger partial charge on any atom is -0.379 e. The molecule has 0 spiro atoms. The van der Waals surface area contributed by atoms with Gasteiger partial charge in [0, 0.05) is 37.9 Å². The maximum atomic E-state index is 14.6. The van der Waals surface area contributed by atoms with E-state index in [0.29, 0.717) is 49.5 Å². The van der Waals surface area contributed by atoms with E-state index in [1.165, 1.54) is 32.1 Å². The standard InChI is InChI=1S/C27H39F3N4O.C5H9NO/c1-5-18(3)27(32-19(4)31-21-11-8-7-9-12-21)34(22-13-10-14-35-17-22)25(6-2)33-26-23(29)15-20(28)16-24(26)30;7-5-6-3-1-2-4-6/h5,15-16,21-22,25,31,33H,4,6-14,17H2,1-3H3;5H,1-4H2/b18-5-,32-27+;. The topological polar surface area (TPSA) is 69.2 Å². The maximum absolute atomic E-state index is 14.6. The fourth-order valence-electron chi connectivity index (χ4n) is 5.70. The summed E-state index contributed by atoms with van der Waals surface area (Å²) in [5, 5.41) is 6.47. The summed E-state index contributed by atoms with van der Waals surface area (Å²) >= 11 is 0.